The predicted octanol–water partition coefficient (Wildman–Crippen LogP) is 2.79. The van der Waals surface area contributed by atoms with Gasteiger partial charge >= 0.3 is 6.36 Å². The molecule has 0 bridgehead atoms. The van der Waals surface area contributed by atoms with E-state index < -0.39 is 6.36 Å². The maximum Gasteiger partial charge on any atom is 0.573 e. The molecule has 0 aliphatic heterocycles. The van der Waals surface area contributed by atoms with E-state index in [1.54, 1.807) is 12.1 Å². The van der Waals surface area contributed by atoms with Crippen molar-refractivity contribution >= 4 is 0 Å². The number of hydrogen-bond donors (Lipinski definition) is 1. The van der Waals surface area contributed by atoms with Gasteiger partial charge in [-0.2, -0.15) is 0 Å². The summed E-state index contributed by atoms with van der Waals surface area (Å²) < 4.78 is 39.5. The van der Waals surface area contributed by atoms with Gasteiger partial charge in [0, 0.05) is 6.04 Å². The topological polar surface area (TPSA) is 35.2 Å². The average molecular weight is 231 g/mol. The Morgan fingerprint density at radius 2 is 1.69 bits per heavy atom. The van der Waals surface area contributed by atoms with Crippen LogP contribution in [0.2, 0.25) is 0 Å². The predicted molar refractivity (Wildman–Crippen MR) is 53.1 cm³/mol. The summed E-state index contributed by atoms with van der Waals surface area (Å²) in [6.07, 6.45) is -2.82. The lowest BCUT2D eigenvalue weighted by Crippen LogP contribution is -2.34. The van der Waals surface area contributed by atoms with Gasteiger partial charge in [-0.3, -0.25) is 0 Å². The molecule has 1 saturated carbocycles. The van der Waals surface area contributed by atoms with Crippen molar-refractivity contribution in [2.24, 2.45) is 5.73 Å². The summed E-state index contributed by atoms with van der Waals surface area (Å²) in [5.41, 5.74) is 6.67. The number of nitrogens with two attached hydrogens (primary N) is 1. The van der Waals surface area contributed by atoms with E-state index in [1.165, 1.54) is 12.1 Å². The fourth-order valence-corrected chi connectivity index (χ4v) is 1.88. The van der Waals surface area contributed by atoms with E-state index in [0.29, 0.717) is 5.92 Å². The third kappa shape index (κ3) is 2.66. The van der Waals surface area contributed by atoms with Gasteiger partial charge in [0.15, 0.2) is 0 Å². The van der Waals surface area contributed by atoms with Crippen molar-refractivity contribution in [1.82, 2.24) is 0 Å². The molecule has 0 amide bonds. The first kappa shape index (κ1) is 11.3. The number of alkyl halides is 3. The van der Waals surface area contributed by atoms with E-state index >= 15 is 0 Å². The molecular weight excluding hydrogens is 219 g/mol. The van der Waals surface area contributed by atoms with Gasteiger partial charge in [0.1, 0.15) is 5.75 Å². The van der Waals surface area contributed by atoms with E-state index in [-0.39, 0.29) is 11.8 Å². The van der Waals surface area contributed by atoms with Crippen LogP contribution < -0.4 is 10.5 Å². The third-order valence-corrected chi connectivity index (χ3v) is 2.76. The van der Waals surface area contributed by atoms with Crippen LogP contribution in [0.5, 0.6) is 5.75 Å². The highest BCUT2D eigenvalue weighted by Crippen LogP contribution is 2.36. The van der Waals surface area contributed by atoms with Crippen LogP contribution in [0.3, 0.4) is 0 Å². The summed E-state index contributed by atoms with van der Waals surface area (Å²) in [7, 11) is 0. The standard InChI is InChI=1S/C11H12F3NO/c12-11(13,14)16-10-3-1-7(2-4-10)8-5-9(15)6-8/h1-4,8-9H,5-6,15H2. The largest absolute Gasteiger partial charge is 0.573 e. The van der Waals surface area contributed by atoms with E-state index in [1.807, 2.05) is 0 Å². The minimum atomic E-state index is -4.62. The van der Waals surface area contributed by atoms with Gasteiger partial charge in [-0.15, -0.1) is 13.2 Å². The molecule has 1 fully saturated rings. The molecule has 1 aromatic rings. The van der Waals surface area contributed by atoms with Crippen molar-refractivity contribution in [2.45, 2.75) is 31.2 Å². The molecule has 0 radical (unpaired) electrons. The molecule has 0 heterocycles. The molecule has 5 heteroatoms. The second-order valence-corrected chi connectivity index (χ2v) is 4.05. The first-order chi connectivity index (χ1) is 7.44. The lowest BCUT2D eigenvalue weighted by Gasteiger charge is -2.32. The number of rotatable bonds is 2. The summed E-state index contributed by atoms with van der Waals surface area (Å²) in [6, 6.07) is 6.24. The SMILES string of the molecule is NC1CC(c2ccc(OC(F)(F)F)cc2)C1. The highest BCUT2D eigenvalue weighted by Gasteiger charge is 2.31. The van der Waals surface area contributed by atoms with Crippen LogP contribution in [0.4, 0.5) is 13.2 Å². The lowest BCUT2D eigenvalue weighted by atomic mass is 9.76. The monoisotopic (exact) mass is 231 g/mol. The first-order valence-corrected chi connectivity index (χ1v) is 5.05. The quantitative estimate of drug-likeness (QED) is 0.849. The maximum absolute atomic E-state index is 11.9. The van der Waals surface area contributed by atoms with Crippen LogP contribution in [0.25, 0.3) is 0 Å². The molecule has 2 N–H and O–H groups in total. The summed E-state index contributed by atoms with van der Waals surface area (Å²) in [4.78, 5) is 0. The Bertz CT molecular complexity index is 354. The molecule has 2 rings (SSSR count). The molecule has 16 heavy (non-hydrogen) atoms. The lowest BCUT2D eigenvalue weighted by molar-refractivity contribution is -0.274. The minimum absolute atomic E-state index is 0.181. The summed E-state index contributed by atoms with van der Waals surface area (Å²) in [5, 5.41) is 0. The molecule has 1 aliphatic rings. The minimum Gasteiger partial charge on any atom is -0.406 e. The van der Waals surface area contributed by atoms with Gasteiger partial charge < -0.3 is 10.5 Å². The Hall–Kier alpha value is -1.23. The normalized spacial score (nSPS) is 25.0. The van der Waals surface area contributed by atoms with Gasteiger partial charge in [0.2, 0.25) is 0 Å². The number of hydrogen-bond acceptors (Lipinski definition) is 2. The number of benzene rings is 1. The molecule has 1 aromatic carbocycles. The average Bonchev–Trinajstić information content (AvgIpc) is 2.12. The Kier molecular flexibility index (Phi) is 2.80. The summed E-state index contributed by atoms with van der Waals surface area (Å²) in [5.74, 6) is 0.204. The van der Waals surface area contributed by atoms with Crippen LogP contribution in [-0.4, -0.2) is 12.4 Å². The molecule has 0 aromatic heterocycles. The van der Waals surface area contributed by atoms with Crippen molar-refractivity contribution in [3.63, 3.8) is 0 Å². The van der Waals surface area contributed by atoms with Crippen LogP contribution in [0, 0.1) is 0 Å². The fraction of sp³-hybridized carbons (Fsp3) is 0.455. The van der Waals surface area contributed by atoms with Crippen LogP contribution in [0.15, 0.2) is 24.3 Å². The molecule has 0 spiro atoms. The molecule has 2 nitrogen and oxygen atoms in total. The highest BCUT2D eigenvalue weighted by atomic mass is 19.4. The molecule has 1 aliphatic carbocycles. The smallest absolute Gasteiger partial charge is 0.406 e. The Morgan fingerprint density at radius 1 is 1.12 bits per heavy atom. The Balaban J connectivity index is 2.00. The van der Waals surface area contributed by atoms with Crippen molar-refractivity contribution in [3.05, 3.63) is 29.8 Å². The molecule has 0 atom stereocenters. The van der Waals surface area contributed by atoms with Crippen LogP contribution in [-0.2, 0) is 0 Å². The van der Waals surface area contributed by atoms with Gasteiger partial charge in [0.25, 0.3) is 0 Å². The number of halogens is 3. The highest BCUT2D eigenvalue weighted by molar-refractivity contribution is 5.31. The third-order valence-electron chi connectivity index (χ3n) is 2.76. The van der Waals surface area contributed by atoms with E-state index in [4.69, 9.17) is 5.73 Å². The van der Waals surface area contributed by atoms with E-state index in [0.717, 1.165) is 18.4 Å². The molecule has 0 saturated heterocycles. The fourth-order valence-electron chi connectivity index (χ4n) is 1.88. The van der Waals surface area contributed by atoms with Crippen LogP contribution in [0.1, 0.15) is 24.3 Å². The zero-order chi connectivity index (χ0) is 11.8. The number of ether oxygens (including phenoxy) is 1. The Labute approximate surface area is 91.2 Å². The second kappa shape index (κ2) is 3.97. The van der Waals surface area contributed by atoms with Gasteiger partial charge in [-0.05, 0) is 36.5 Å². The Morgan fingerprint density at radius 3 is 2.12 bits per heavy atom. The van der Waals surface area contributed by atoms with Crippen molar-refractivity contribution in [1.29, 1.82) is 0 Å². The second-order valence-electron chi connectivity index (χ2n) is 4.05. The van der Waals surface area contributed by atoms with Crippen LogP contribution >= 0.6 is 0 Å². The molecule has 0 unspecified atom stereocenters. The summed E-state index contributed by atoms with van der Waals surface area (Å²) in [6.45, 7) is 0. The molecular formula is C11H12F3NO. The zero-order valence-electron chi connectivity index (χ0n) is 8.50. The van der Waals surface area contributed by atoms with Gasteiger partial charge in [0.05, 0.1) is 0 Å². The van der Waals surface area contributed by atoms with Gasteiger partial charge in [-0.1, -0.05) is 12.1 Å². The van der Waals surface area contributed by atoms with Crippen molar-refractivity contribution in [3.8, 4) is 5.75 Å². The van der Waals surface area contributed by atoms with E-state index in [9.17, 15) is 13.2 Å². The van der Waals surface area contributed by atoms with Crippen molar-refractivity contribution < 1.29 is 17.9 Å². The first-order valence-electron chi connectivity index (χ1n) is 5.05. The van der Waals surface area contributed by atoms with E-state index in [2.05, 4.69) is 4.74 Å². The van der Waals surface area contributed by atoms with Gasteiger partial charge in [-0.25, -0.2) is 0 Å². The molecule has 88 valence electrons. The zero-order valence-corrected chi connectivity index (χ0v) is 8.50. The maximum atomic E-state index is 11.9. The van der Waals surface area contributed by atoms with Crippen molar-refractivity contribution in [2.75, 3.05) is 0 Å². The summed E-state index contributed by atoms with van der Waals surface area (Å²) >= 11 is 0.